The summed E-state index contributed by atoms with van der Waals surface area (Å²) in [5, 5.41) is 2.87. The Kier molecular flexibility index (Phi) is 4.91. The molecular formula is C18H24N2O2. The van der Waals surface area contributed by atoms with Crippen molar-refractivity contribution >= 4 is 6.09 Å². The molecule has 1 N–H and O–H groups in total. The molecule has 1 amide bonds. The normalized spacial score (nSPS) is 15.0. The van der Waals surface area contributed by atoms with E-state index in [4.69, 9.17) is 4.74 Å². The van der Waals surface area contributed by atoms with Crippen LogP contribution in [0.4, 0.5) is 4.79 Å². The van der Waals surface area contributed by atoms with Crippen molar-refractivity contribution in [1.29, 1.82) is 0 Å². The number of benzene rings is 1. The van der Waals surface area contributed by atoms with Crippen LogP contribution in [0, 0.1) is 0 Å². The number of carbonyl (C=O) groups excluding carboxylic acids is 1. The maximum Gasteiger partial charge on any atom is 0.411 e. The summed E-state index contributed by atoms with van der Waals surface area (Å²) in [6.07, 6.45) is 3.67. The molecule has 4 nitrogen and oxygen atoms in total. The van der Waals surface area contributed by atoms with Crippen molar-refractivity contribution in [3.63, 3.8) is 0 Å². The van der Waals surface area contributed by atoms with E-state index in [0.717, 1.165) is 17.8 Å². The molecule has 1 aliphatic heterocycles. The third-order valence-corrected chi connectivity index (χ3v) is 3.25. The van der Waals surface area contributed by atoms with Gasteiger partial charge in [-0.3, -0.25) is 5.32 Å². The highest BCUT2D eigenvalue weighted by Gasteiger charge is 2.19. The largest absolute Gasteiger partial charge is 0.444 e. The number of carbonyl (C=O) groups is 1. The predicted molar refractivity (Wildman–Crippen MR) is 88.1 cm³/mol. The number of amides is 1. The van der Waals surface area contributed by atoms with Gasteiger partial charge in [0.2, 0.25) is 0 Å². The van der Waals surface area contributed by atoms with Gasteiger partial charge in [-0.15, -0.1) is 0 Å². The molecule has 0 bridgehead atoms. The second-order valence-corrected chi connectivity index (χ2v) is 6.49. The van der Waals surface area contributed by atoms with Crippen molar-refractivity contribution in [2.24, 2.45) is 0 Å². The van der Waals surface area contributed by atoms with Crippen LogP contribution in [0.3, 0.4) is 0 Å². The number of hydrogen-bond donors (Lipinski definition) is 1. The van der Waals surface area contributed by atoms with Crippen molar-refractivity contribution in [3.8, 4) is 0 Å². The summed E-state index contributed by atoms with van der Waals surface area (Å²) in [5.74, 6) is 0. The van der Waals surface area contributed by atoms with Crippen molar-refractivity contribution in [1.82, 2.24) is 10.2 Å². The number of alkyl carbamates (subject to hydrolysis) is 1. The summed E-state index contributed by atoms with van der Waals surface area (Å²) in [7, 11) is 0. The highest BCUT2D eigenvalue weighted by molar-refractivity contribution is 5.70. The molecule has 0 saturated heterocycles. The van der Waals surface area contributed by atoms with Crippen molar-refractivity contribution in [2.45, 2.75) is 39.8 Å². The Bertz CT molecular complexity index is 583. The number of rotatable bonds is 3. The van der Waals surface area contributed by atoms with E-state index in [2.05, 4.69) is 28.5 Å². The van der Waals surface area contributed by atoms with Gasteiger partial charge in [0.05, 0.1) is 6.54 Å². The second-order valence-electron chi connectivity index (χ2n) is 6.49. The maximum atomic E-state index is 11.9. The van der Waals surface area contributed by atoms with Crippen LogP contribution >= 0.6 is 0 Å². The number of allylic oxidation sites excluding steroid dienone is 2. The number of nitrogens with one attached hydrogen (secondary N) is 1. The fourth-order valence-corrected chi connectivity index (χ4v) is 2.19. The molecule has 0 aliphatic carbocycles. The first kappa shape index (κ1) is 16.1. The first-order valence-corrected chi connectivity index (χ1v) is 7.49. The summed E-state index contributed by atoms with van der Waals surface area (Å²) in [6.45, 7) is 9.03. The fraction of sp³-hybridized carbons (Fsp3) is 0.389. The summed E-state index contributed by atoms with van der Waals surface area (Å²) >= 11 is 0. The summed E-state index contributed by atoms with van der Waals surface area (Å²) in [4.78, 5) is 14.1. The molecule has 0 saturated carbocycles. The predicted octanol–water partition coefficient (Wildman–Crippen LogP) is 3.81. The lowest BCUT2D eigenvalue weighted by Crippen LogP contribution is -2.36. The highest BCUT2D eigenvalue weighted by Crippen LogP contribution is 2.16. The van der Waals surface area contributed by atoms with E-state index >= 15 is 0 Å². The molecule has 0 spiro atoms. The fourth-order valence-electron chi connectivity index (χ4n) is 2.19. The molecular weight excluding hydrogens is 276 g/mol. The van der Waals surface area contributed by atoms with Gasteiger partial charge in [0.25, 0.3) is 0 Å². The summed E-state index contributed by atoms with van der Waals surface area (Å²) in [5.41, 5.74) is 2.68. The van der Waals surface area contributed by atoms with E-state index in [1.165, 1.54) is 5.56 Å². The molecule has 118 valence electrons. The molecule has 0 fully saturated rings. The summed E-state index contributed by atoms with van der Waals surface area (Å²) < 4.78 is 5.32. The molecule has 1 aromatic rings. The Labute approximate surface area is 132 Å². The van der Waals surface area contributed by atoms with Crippen molar-refractivity contribution in [2.75, 3.05) is 6.54 Å². The van der Waals surface area contributed by atoms with Gasteiger partial charge in [-0.25, -0.2) is 4.79 Å². The van der Waals surface area contributed by atoms with Gasteiger partial charge < -0.3 is 9.64 Å². The zero-order valence-corrected chi connectivity index (χ0v) is 13.7. The lowest BCUT2D eigenvalue weighted by atomic mass is 10.1. The van der Waals surface area contributed by atoms with Gasteiger partial charge in [0, 0.05) is 18.4 Å². The van der Waals surface area contributed by atoms with Crippen LogP contribution in [-0.2, 0) is 11.3 Å². The number of nitrogens with zero attached hydrogens (tertiary/aromatic N) is 1. The molecule has 1 aromatic carbocycles. The van der Waals surface area contributed by atoms with Crippen LogP contribution in [-0.4, -0.2) is 23.1 Å². The first-order valence-electron chi connectivity index (χ1n) is 7.49. The topological polar surface area (TPSA) is 41.6 Å². The number of ether oxygens (including phenoxy) is 1. The minimum absolute atomic E-state index is 0.406. The van der Waals surface area contributed by atoms with E-state index in [0.29, 0.717) is 6.54 Å². The van der Waals surface area contributed by atoms with E-state index in [1.54, 1.807) is 0 Å². The van der Waals surface area contributed by atoms with Crippen LogP contribution in [0.15, 0.2) is 53.9 Å². The minimum atomic E-state index is -0.493. The molecule has 1 heterocycles. The average molecular weight is 300 g/mol. The van der Waals surface area contributed by atoms with E-state index in [-0.39, 0.29) is 0 Å². The Balaban J connectivity index is 1.97. The molecule has 0 atom stereocenters. The van der Waals surface area contributed by atoms with Crippen molar-refractivity contribution in [3.05, 3.63) is 59.4 Å². The first-order chi connectivity index (χ1) is 10.3. The van der Waals surface area contributed by atoms with Crippen LogP contribution in [0.5, 0.6) is 0 Å². The van der Waals surface area contributed by atoms with Crippen molar-refractivity contribution < 1.29 is 9.53 Å². The van der Waals surface area contributed by atoms with Gasteiger partial charge in [-0.1, -0.05) is 30.3 Å². The molecule has 1 aliphatic rings. The second kappa shape index (κ2) is 6.69. The average Bonchev–Trinajstić information content (AvgIpc) is 2.41. The van der Waals surface area contributed by atoms with Crippen LogP contribution in [0.1, 0.15) is 33.3 Å². The number of hydrogen-bond acceptors (Lipinski definition) is 3. The third kappa shape index (κ3) is 4.95. The molecule has 0 radical (unpaired) electrons. The van der Waals surface area contributed by atoms with E-state index < -0.39 is 11.7 Å². The summed E-state index contributed by atoms with van der Waals surface area (Å²) in [6, 6.07) is 10.3. The van der Waals surface area contributed by atoms with Crippen LogP contribution < -0.4 is 5.32 Å². The monoisotopic (exact) mass is 300 g/mol. The SMILES string of the molecule is CC1=C(NC(=O)OC(C)(C)C)CN(Cc2ccccc2)C=C1. The molecule has 0 aromatic heterocycles. The zero-order valence-electron chi connectivity index (χ0n) is 13.7. The lowest BCUT2D eigenvalue weighted by Gasteiger charge is -2.28. The van der Waals surface area contributed by atoms with Crippen LogP contribution in [0.2, 0.25) is 0 Å². The molecule has 4 heteroatoms. The standard InChI is InChI=1S/C18H24N2O2/c1-14-10-11-20(12-15-8-6-5-7-9-15)13-16(14)19-17(21)22-18(2,3)4/h5-11H,12-13H2,1-4H3,(H,19,21). The Hall–Kier alpha value is -2.23. The lowest BCUT2D eigenvalue weighted by molar-refractivity contribution is 0.0541. The van der Waals surface area contributed by atoms with Gasteiger partial charge in [-0.2, -0.15) is 0 Å². The van der Waals surface area contributed by atoms with Gasteiger partial charge in [0.1, 0.15) is 5.60 Å². The minimum Gasteiger partial charge on any atom is -0.444 e. The Morgan fingerprint density at radius 3 is 2.59 bits per heavy atom. The van der Waals surface area contributed by atoms with E-state index in [9.17, 15) is 4.79 Å². The van der Waals surface area contributed by atoms with E-state index in [1.807, 2.05) is 52.0 Å². The van der Waals surface area contributed by atoms with Gasteiger partial charge >= 0.3 is 6.09 Å². The van der Waals surface area contributed by atoms with Gasteiger partial charge in [-0.05, 0) is 44.9 Å². The molecule has 2 rings (SSSR count). The maximum absolute atomic E-state index is 11.9. The Morgan fingerprint density at radius 1 is 1.27 bits per heavy atom. The van der Waals surface area contributed by atoms with Crippen LogP contribution in [0.25, 0.3) is 0 Å². The molecule has 0 unspecified atom stereocenters. The molecule has 22 heavy (non-hydrogen) atoms. The Morgan fingerprint density at radius 2 is 1.95 bits per heavy atom. The highest BCUT2D eigenvalue weighted by atomic mass is 16.6. The zero-order chi connectivity index (χ0) is 16.2. The van der Waals surface area contributed by atoms with Gasteiger partial charge in [0.15, 0.2) is 0 Å². The third-order valence-electron chi connectivity index (χ3n) is 3.25. The smallest absolute Gasteiger partial charge is 0.411 e. The quantitative estimate of drug-likeness (QED) is 0.923.